The Morgan fingerprint density at radius 2 is 1.33 bits per heavy atom. The number of carbonyl (C=O) groups is 4. The third-order valence-corrected chi connectivity index (χ3v) is 2.82. The molecule has 7 heteroatoms. The first-order valence-corrected chi connectivity index (χ1v) is 7.72. The molecule has 0 aliphatic heterocycles. The Morgan fingerprint density at radius 1 is 0.833 bits per heavy atom. The predicted molar refractivity (Wildman–Crippen MR) is 88.0 cm³/mol. The van der Waals surface area contributed by atoms with E-state index in [1.54, 1.807) is 13.8 Å². The Hall–Kier alpha value is -2.44. The largest absolute Gasteiger partial charge is 0.462 e. The van der Waals surface area contributed by atoms with Gasteiger partial charge >= 0.3 is 11.9 Å². The highest BCUT2D eigenvalue weighted by Gasteiger charge is 2.12. The lowest BCUT2D eigenvalue weighted by Gasteiger charge is -2.06. The zero-order valence-corrected chi connectivity index (χ0v) is 14.3. The lowest BCUT2D eigenvalue weighted by atomic mass is 10.1. The van der Waals surface area contributed by atoms with Gasteiger partial charge in [-0.3, -0.25) is 9.59 Å². The number of ketones is 1. The second-order valence-electron chi connectivity index (χ2n) is 5.32. The van der Waals surface area contributed by atoms with Gasteiger partial charge in [-0.1, -0.05) is 13.2 Å². The lowest BCUT2D eigenvalue weighted by Crippen LogP contribution is -2.32. The molecule has 0 aromatic heterocycles. The summed E-state index contributed by atoms with van der Waals surface area (Å²) in [4.78, 5) is 45.3. The van der Waals surface area contributed by atoms with Crippen LogP contribution >= 0.6 is 0 Å². The molecule has 7 nitrogen and oxygen atoms in total. The molecular weight excluding hydrogens is 314 g/mol. The molecule has 0 atom stereocenters. The average molecular weight is 339 g/mol. The van der Waals surface area contributed by atoms with Crippen LogP contribution in [0.25, 0.3) is 0 Å². The summed E-state index contributed by atoms with van der Waals surface area (Å²) in [6.07, 6.45) is 1.44. The van der Waals surface area contributed by atoms with Crippen LogP contribution < -0.4 is 5.32 Å². The molecule has 0 fully saturated rings. The van der Waals surface area contributed by atoms with Gasteiger partial charge in [0.2, 0.25) is 5.78 Å². The predicted octanol–water partition coefficient (Wildman–Crippen LogP) is 1.47. The molecule has 0 radical (unpaired) electrons. The second-order valence-corrected chi connectivity index (χ2v) is 5.32. The fourth-order valence-electron chi connectivity index (χ4n) is 1.45. The van der Waals surface area contributed by atoms with E-state index in [1.165, 1.54) is 0 Å². The topological polar surface area (TPSA) is 98.8 Å². The molecule has 0 bridgehead atoms. The molecule has 0 unspecified atom stereocenters. The number of nitrogens with one attached hydrogen (secondary N) is 1. The first-order valence-electron chi connectivity index (χ1n) is 7.72. The number of ether oxygens (including phenoxy) is 2. The minimum Gasteiger partial charge on any atom is -0.462 e. The van der Waals surface area contributed by atoms with Crippen LogP contribution in [0.2, 0.25) is 0 Å². The van der Waals surface area contributed by atoms with Crippen molar-refractivity contribution in [2.45, 2.75) is 39.5 Å². The summed E-state index contributed by atoms with van der Waals surface area (Å²) in [5.74, 6) is -2.14. The quantitative estimate of drug-likeness (QED) is 0.250. The number of Topliss-reactive ketones (excluding diaryl/α,β-unsaturated/α-hetero) is 1. The standard InChI is InChI=1S/C17H25NO6/c1-12(2)16(21)23-10-6-5-8-14(19)15(20)18-9-7-11-24-17(22)13(3)4/h1,3,5-11H2,2,4H3,(H,18,20). The van der Waals surface area contributed by atoms with E-state index in [9.17, 15) is 19.2 Å². The third-order valence-electron chi connectivity index (χ3n) is 2.82. The van der Waals surface area contributed by atoms with E-state index in [2.05, 4.69) is 18.5 Å². The van der Waals surface area contributed by atoms with Crippen molar-refractivity contribution in [2.75, 3.05) is 19.8 Å². The molecule has 0 spiro atoms. The summed E-state index contributed by atoms with van der Waals surface area (Å²) in [7, 11) is 0. The molecule has 134 valence electrons. The minimum atomic E-state index is -0.667. The lowest BCUT2D eigenvalue weighted by molar-refractivity contribution is -0.140. The Labute approximate surface area is 142 Å². The van der Waals surface area contributed by atoms with Crippen LogP contribution in [0.1, 0.15) is 39.5 Å². The highest BCUT2D eigenvalue weighted by atomic mass is 16.5. The maximum absolute atomic E-state index is 11.6. The van der Waals surface area contributed by atoms with Crippen molar-refractivity contribution >= 4 is 23.6 Å². The number of hydrogen-bond donors (Lipinski definition) is 1. The van der Waals surface area contributed by atoms with Gasteiger partial charge in [0, 0.05) is 24.1 Å². The van der Waals surface area contributed by atoms with Gasteiger partial charge in [0.1, 0.15) is 0 Å². The van der Waals surface area contributed by atoms with E-state index in [-0.39, 0.29) is 26.2 Å². The van der Waals surface area contributed by atoms with Crippen LogP contribution in [-0.2, 0) is 28.7 Å². The molecule has 1 N–H and O–H groups in total. The minimum absolute atomic E-state index is 0.0844. The first-order chi connectivity index (χ1) is 11.3. The number of rotatable bonds is 12. The highest BCUT2D eigenvalue weighted by Crippen LogP contribution is 2.00. The zero-order valence-electron chi connectivity index (χ0n) is 14.3. The van der Waals surface area contributed by atoms with Crippen molar-refractivity contribution in [2.24, 2.45) is 0 Å². The molecule has 24 heavy (non-hydrogen) atoms. The molecule has 0 aliphatic rings. The first kappa shape index (κ1) is 21.6. The maximum atomic E-state index is 11.6. The van der Waals surface area contributed by atoms with E-state index >= 15 is 0 Å². The van der Waals surface area contributed by atoms with Crippen molar-refractivity contribution in [3.8, 4) is 0 Å². The molecule has 0 saturated carbocycles. The summed E-state index contributed by atoms with van der Waals surface area (Å²) in [6, 6.07) is 0. The Bertz CT molecular complexity index is 463. The Balaban J connectivity index is 3.68. The van der Waals surface area contributed by atoms with Gasteiger partial charge in [-0.15, -0.1) is 0 Å². The molecule has 1 amide bonds. The third kappa shape index (κ3) is 10.3. The van der Waals surface area contributed by atoms with Crippen LogP contribution in [-0.4, -0.2) is 43.4 Å². The Kier molecular flexibility index (Phi) is 10.8. The van der Waals surface area contributed by atoms with Crippen molar-refractivity contribution in [3.63, 3.8) is 0 Å². The van der Waals surface area contributed by atoms with E-state index in [4.69, 9.17) is 9.47 Å². The summed E-state index contributed by atoms with van der Waals surface area (Å²) in [5.41, 5.74) is 0.627. The van der Waals surface area contributed by atoms with Crippen LogP contribution in [0.5, 0.6) is 0 Å². The highest BCUT2D eigenvalue weighted by molar-refractivity contribution is 6.36. The van der Waals surface area contributed by atoms with E-state index in [0.717, 1.165) is 0 Å². The molecule has 0 saturated heterocycles. The molecule has 0 aliphatic carbocycles. The van der Waals surface area contributed by atoms with Crippen LogP contribution in [0, 0.1) is 0 Å². The van der Waals surface area contributed by atoms with Gasteiger partial charge in [-0.25, -0.2) is 9.59 Å². The number of amides is 1. The fraction of sp³-hybridized carbons (Fsp3) is 0.529. The summed E-state index contributed by atoms with van der Waals surface area (Å²) < 4.78 is 9.73. The molecular formula is C17H25NO6. The fourth-order valence-corrected chi connectivity index (χ4v) is 1.45. The molecule has 0 aromatic carbocycles. The van der Waals surface area contributed by atoms with Crippen LogP contribution in [0.4, 0.5) is 0 Å². The van der Waals surface area contributed by atoms with Gasteiger partial charge in [0.15, 0.2) is 0 Å². The molecule has 0 aromatic rings. The van der Waals surface area contributed by atoms with Crippen LogP contribution in [0.3, 0.4) is 0 Å². The average Bonchev–Trinajstić information content (AvgIpc) is 2.52. The van der Waals surface area contributed by atoms with Crippen molar-refractivity contribution in [1.82, 2.24) is 5.32 Å². The van der Waals surface area contributed by atoms with Gasteiger partial charge in [-0.05, 0) is 33.1 Å². The monoisotopic (exact) mass is 339 g/mol. The maximum Gasteiger partial charge on any atom is 0.333 e. The number of esters is 2. The van der Waals surface area contributed by atoms with Crippen LogP contribution in [0.15, 0.2) is 24.3 Å². The van der Waals surface area contributed by atoms with Crippen molar-refractivity contribution in [3.05, 3.63) is 24.3 Å². The van der Waals surface area contributed by atoms with E-state index in [1.807, 2.05) is 0 Å². The van der Waals surface area contributed by atoms with Gasteiger partial charge in [0.25, 0.3) is 5.91 Å². The number of hydrogen-bond acceptors (Lipinski definition) is 6. The summed E-state index contributed by atoms with van der Waals surface area (Å²) in [6.45, 7) is 10.6. The molecule has 0 heterocycles. The summed E-state index contributed by atoms with van der Waals surface area (Å²) >= 11 is 0. The van der Waals surface area contributed by atoms with E-state index < -0.39 is 23.6 Å². The smallest absolute Gasteiger partial charge is 0.333 e. The van der Waals surface area contributed by atoms with Gasteiger partial charge < -0.3 is 14.8 Å². The Morgan fingerprint density at radius 3 is 1.83 bits per heavy atom. The zero-order chi connectivity index (χ0) is 18.5. The SMILES string of the molecule is C=C(C)C(=O)OCCCCC(=O)C(=O)NCCCOC(=O)C(=C)C. The summed E-state index contributed by atoms with van der Waals surface area (Å²) in [5, 5.41) is 2.46. The normalized spacial score (nSPS) is 9.75. The number of carbonyl (C=O) groups excluding carboxylic acids is 4. The van der Waals surface area contributed by atoms with Gasteiger partial charge in [-0.2, -0.15) is 0 Å². The van der Waals surface area contributed by atoms with E-state index in [0.29, 0.717) is 30.4 Å². The van der Waals surface area contributed by atoms with Crippen molar-refractivity contribution < 1.29 is 28.7 Å². The number of unbranched alkanes of at least 4 members (excludes halogenated alkanes) is 1. The molecule has 0 rings (SSSR count). The van der Waals surface area contributed by atoms with Crippen molar-refractivity contribution in [1.29, 1.82) is 0 Å². The van der Waals surface area contributed by atoms with Gasteiger partial charge in [0.05, 0.1) is 13.2 Å². The second kappa shape index (κ2) is 12.0.